The Hall–Kier alpha value is -1.14. The quantitative estimate of drug-likeness (QED) is 0.646. The fourth-order valence-corrected chi connectivity index (χ4v) is 2.29. The van der Waals surface area contributed by atoms with Gasteiger partial charge in [0.1, 0.15) is 0 Å². The maximum absolute atomic E-state index is 11.8. The molecule has 2 unspecified atom stereocenters. The number of piperidine rings is 1. The zero-order valence-corrected chi connectivity index (χ0v) is 13.0. The van der Waals surface area contributed by atoms with Crippen LogP contribution in [-0.2, 0) is 9.59 Å². The lowest BCUT2D eigenvalue weighted by molar-refractivity contribution is -0.127. The number of rotatable bonds is 5. The Morgan fingerprint density at radius 2 is 2.05 bits per heavy atom. The Labute approximate surface area is 121 Å². The molecule has 6 nitrogen and oxygen atoms in total. The molecule has 1 heterocycles. The van der Waals surface area contributed by atoms with Crippen molar-refractivity contribution in [3.8, 4) is 0 Å². The molecular weight excluding hydrogens is 256 g/mol. The van der Waals surface area contributed by atoms with Gasteiger partial charge in [0.05, 0.1) is 12.6 Å². The minimum atomic E-state index is -0.564. The SMILES string of the molecule is CC(C)[C@H](N)C(=O)NCC(=O)NC1CCN(C)C(C)C1. The molecule has 1 saturated heterocycles. The molecule has 0 radical (unpaired) electrons. The predicted octanol–water partition coefficient (Wildman–Crippen LogP) is -0.315. The molecule has 1 aliphatic heterocycles. The van der Waals surface area contributed by atoms with Crippen LogP contribution in [0, 0.1) is 5.92 Å². The predicted molar refractivity (Wildman–Crippen MR) is 79.1 cm³/mol. The van der Waals surface area contributed by atoms with E-state index >= 15 is 0 Å². The number of carbonyl (C=O) groups is 2. The van der Waals surface area contributed by atoms with Crippen LogP contribution in [0.15, 0.2) is 0 Å². The van der Waals surface area contributed by atoms with E-state index in [4.69, 9.17) is 5.73 Å². The maximum Gasteiger partial charge on any atom is 0.239 e. The second kappa shape index (κ2) is 7.59. The van der Waals surface area contributed by atoms with Crippen LogP contribution >= 0.6 is 0 Å². The normalized spacial score (nSPS) is 25.3. The lowest BCUT2D eigenvalue weighted by Crippen LogP contribution is -2.51. The molecule has 20 heavy (non-hydrogen) atoms. The summed E-state index contributed by atoms with van der Waals surface area (Å²) in [7, 11) is 2.09. The summed E-state index contributed by atoms with van der Waals surface area (Å²) >= 11 is 0. The lowest BCUT2D eigenvalue weighted by Gasteiger charge is -2.35. The second-order valence-electron chi connectivity index (χ2n) is 6.11. The van der Waals surface area contributed by atoms with Crippen LogP contribution in [0.2, 0.25) is 0 Å². The molecule has 4 N–H and O–H groups in total. The number of hydrogen-bond acceptors (Lipinski definition) is 4. The average Bonchev–Trinajstić information content (AvgIpc) is 2.39. The number of hydrogen-bond donors (Lipinski definition) is 3. The van der Waals surface area contributed by atoms with Crippen LogP contribution in [0.4, 0.5) is 0 Å². The smallest absolute Gasteiger partial charge is 0.239 e. The van der Waals surface area contributed by atoms with Crippen molar-refractivity contribution in [1.82, 2.24) is 15.5 Å². The fraction of sp³-hybridized carbons (Fsp3) is 0.857. The Kier molecular flexibility index (Phi) is 6.42. The van der Waals surface area contributed by atoms with Gasteiger partial charge in [0.2, 0.25) is 11.8 Å². The summed E-state index contributed by atoms with van der Waals surface area (Å²) in [6.07, 6.45) is 1.90. The minimum Gasteiger partial charge on any atom is -0.352 e. The van der Waals surface area contributed by atoms with E-state index < -0.39 is 6.04 Å². The van der Waals surface area contributed by atoms with Crippen molar-refractivity contribution in [3.05, 3.63) is 0 Å². The highest BCUT2D eigenvalue weighted by molar-refractivity contribution is 5.87. The Morgan fingerprint density at radius 3 is 2.60 bits per heavy atom. The van der Waals surface area contributed by atoms with Crippen molar-refractivity contribution in [2.75, 3.05) is 20.1 Å². The molecule has 2 amide bonds. The third-order valence-corrected chi connectivity index (χ3v) is 4.02. The molecule has 0 spiro atoms. The third kappa shape index (κ3) is 5.09. The molecule has 0 aromatic rings. The van der Waals surface area contributed by atoms with Gasteiger partial charge >= 0.3 is 0 Å². The van der Waals surface area contributed by atoms with Crippen LogP contribution in [0.1, 0.15) is 33.6 Å². The number of likely N-dealkylation sites (tertiary alicyclic amines) is 1. The number of nitrogens with two attached hydrogens (primary N) is 1. The first-order valence-corrected chi connectivity index (χ1v) is 7.34. The van der Waals surface area contributed by atoms with Crippen LogP contribution in [0.5, 0.6) is 0 Å². The van der Waals surface area contributed by atoms with Crippen molar-refractivity contribution in [2.45, 2.75) is 51.7 Å². The summed E-state index contributed by atoms with van der Waals surface area (Å²) in [5.74, 6) is -0.351. The number of nitrogens with one attached hydrogen (secondary N) is 2. The highest BCUT2D eigenvalue weighted by Crippen LogP contribution is 2.14. The van der Waals surface area contributed by atoms with Crippen molar-refractivity contribution in [3.63, 3.8) is 0 Å². The van der Waals surface area contributed by atoms with E-state index in [1.165, 1.54) is 0 Å². The summed E-state index contributed by atoms with van der Waals surface area (Å²) < 4.78 is 0. The first-order chi connectivity index (χ1) is 9.31. The largest absolute Gasteiger partial charge is 0.352 e. The van der Waals surface area contributed by atoms with E-state index in [1.807, 2.05) is 13.8 Å². The van der Waals surface area contributed by atoms with E-state index in [1.54, 1.807) is 0 Å². The standard InChI is InChI=1S/C14H28N4O2/c1-9(2)13(15)14(20)16-8-12(19)17-11-5-6-18(4)10(3)7-11/h9-11,13H,5-8,15H2,1-4H3,(H,16,20)(H,17,19)/t10?,11?,13-/m0/s1. The molecule has 3 atom stereocenters. The van der Waals surface area contributed by atoms with Gasteiger partial charge in [0.15, 0.2) is 0 Å². The van der Waals surface area contributed by atoms with Crippen molar-refractivity contribution >= 4 is 11.8 Å². The van der Waals surface area contributed by atoms with Gasteiger partial charge in [-0.2, -0.15) is 0 Å². The average molecular weight is 284 g/mol. The van der Waals surface area contributed by atoms with Crippen molar-refractivity contribution in [2.24, 2.45) is 11.7 Å². The first-order valence-electron chi connectivity index (χ1n) is 7.34. The molecule has 0 saturated carbocycles. The highest BCUT2D eigenvalue weighted by Gasteiger charge is 2.24. The monoisotopic (exact) mass is 284 g/mol. The van der Waals surface area contributed by atoms with Crippen molar-refractivity contribution < 1.29 is 9.59 Å². The van der Waals surface area contributed by atoms with Gasteiger partial charge in [0.25, 0.3) is 0 Å². The summed E-state index contributed by atoms with van der Waals surface area (Å²) in [6.45, 7) is 6.90. The lowest BCUT2D eigenvalue weighted by atomic mass is 9.99. The number of carbonyl (C=O) groups excluding carboxylic acids is 2. The molecule has 1 fully saturated rings. The Bertz CT molecular complexity index is 346. The Morgan fingerprint density at radius 1 is 1.40 bits per heavy atom. The zero-order valence-electron chi connectivity index (χ0n) is 13.0. The molecule has 1 rings (SSSR count). The van der Waals surface area contributed by atoms with Crippen molar-refractivity contribution in [1.29, 1.82) is 0 Å². The van der Waals surface area contributed by atoms with Gasteiger partial charge in [-0.25, -0.2) is 0 Å². The molecule has 116 valence electrons. The Balaban J connectivity index is 2.29. The molecular formula is C14H28N4O2. The molecule has 0 aromatic carbocycles. The molecule has 0 aromatic heterocycles. The second-order valence-corrected chi connectivity index (χ2v) is 6.11. The molecule has 6 heteroatoms. The summed E-state index contributed by atoms with van der Waals surface area (Å²) in [5, 5.41) is 5.56. The highest BCUT2D eigenvalue weighted by atomic mass is 16.2. The van der Waals surface area contributed by atoms with Crippen LogP contribution < -0.4 is 16.4 Å². The maximum atomic E-state index is 11.8. The number of nitrogens with zero attached hydrogens (tertiary/aromatic N) is 1. The van der Waals surface area contributed by atoms with E-state index in [0.29, 0.717) is 6.04 Å². The van der Waals surface area contributed by atoms with E-state index in [9.17, 15) is 9.59 Å². The van der Waals surface area contributed by atoms with E-state index in [-0.39, 0.29) is 30.3 Å². The van der Waals surface area contributed by atoms with E-state index in [0.717, 1.165) is 19.4 Å². The van der Waals surface area contributed by atoms with Gasteiger partial charge in [-0.05, 0) is 32.7 Å². The molecule has 0 aliphatic carbocycles. The van der Waals surface area contributed by atoms with Crippen LogP contribution in [-0.4, -0.2) is 55.0 Å². The van der Waals surface area contributed by atoms with Crippen LogP contribution in [0.25, 0.3) is 0 Å². The van der Waals surface area contributed by atoms with Gasteiger partial charge in [-0.15, -0.1) is 0 Å². The van der Waals surface area contributed by atoms with Gasteiger partial charge in [-0.3, -0.25) is 9.59 Å². The van der Waals surface area contributed by atoms with E-state index in [2.05, 4.69) is 29.5 Å². The van der Waals surface area contributed by atoms with Gasteiger partial charge in [-0.1, -0.05) is 13.8 Å². The zero-order chi connectivity index (χ0) is 15.3. The third-order valence-electron chi connectivity index (χ3n) is 4.02. The van der Waals surface area contributed by atoms with Crippen LogP contribution in [0.3, 0.4) is 0 Å². The summed E-state index contributed by atoms with van der Waals surface area (Å²) in [5.41, 5.74) is 5.71. The first kappa shape index (κ1) is 16.9. The number of amides is 2. The molecule has 0 bridgehead atoms. The fourth-order valence-electron chi connectivity index (χ4n) is 2.29. The van der Waals surface area contributed by atoms with Gasteiger partial charge in [0, 0.05) is 18.6 Å². The summed E-state index contributed by atoms with van der Waals surface area (Å²) in [6, 6.07) is 0.105. The topological polar surface area (TPSA) is 87.5 Å². The van der Waals surface area contributed by atoms with Gasteiger partial charge < -0.3 is 21.3 Å². The molecule has 1 aliphatic rings. The minimum absolute atomic E-state index is 0.0000262. The summed E-state index contributed by atoms with van der Waals surface area (Å²) in [4.78, 5) is 25.8.